The Morgan fingerprint density at radius 2 is 2.26 bits per heavy atom. The molecule has 0 aliphatic carbocycles. The summed E-state index contributed by atoms with van der Waals surface area (Å²) in [6.45, 7) is 6.16. The van der Waals surface area contributed by atoms with E-state index in [1.807, 2.05) is 0 Å². The number of aromatic nitrogens is 2. The lowest BCUT2D eigenvalue weighted by molar-refractivity contribution is 0.103. The van der Waals surface area contributed by atoms with E-state index >= 15 is 0 Å². The molecule has 1 aliphatic rings. The van der Waals surface area contributed by atoms with E-state index in [2.05, 4.69) is 29.4 Å². The fourth-order valence-corrected chi connectivity index (χ4v) is 2.39. The van der Waals surface area contributed by atoms with Gasteiger partial charge < -0.3 is 14.5 Å². The molecule has 1 aromatic rings. The predicted octanol–water partition coefficient (Wildman–Crippen LogP) is 2.63. The number of nitrogens with one attached hydrogen (secondary N) is 1. The molecule has 1 aliphatic heterocycles. The van der Waals surface area contributed by atoms with Crippen LogP contribution in [0.3, 0.4) is 0 Å². The fraction of sp³-hybridized carbons (Fsp3) is 0.857. The summed E-state index contributed by atoms with van der Waals surface area (Å²) in [4.78, 5) is 0. The topological polar surface area (TPSA) is 60.2 Å². The summed E-state index contributed by atoms with van der Waals surface area (Å²) < 4.78 is 11.4. The van der Waals surface area contributed by atoms with Crippen molar-refractivity contribution in [2.75, 3.05) is 13.2 Å². The van der Waals surface area contributed by atoms with Crippen molar-refractivity contribution in [3.63, 3.8) is 0 Å². The molecule has 1 N–H and O–H groups in total. The molecule has 2 atom stereocenters. The second kappa shape index (κ2) is 7.60. The minimum absolute atomic E-state index is 0.184. The molecular weight excluding hydrogens is 242 g/mol. The number of ether oxygens (including phenoxy) is 1. The number of aryl methyl sites for hydroxylation is 1. The van der Waals surface area contributed by atoms with Gasteiger partial charge in [0.1, 0.15) is 0 Å². The lowest BCUT2D eigenvalue weighted by atomic mass is 10.1. The smallest absolute Gasteiger partial charge is 0.233 e. The number of hydrogen-bond donors (Lipinski definition) is 1. The Hall–Kier alpha value is -0.940. The van der Waals surface area contributed by atoms with Gasteiger partial charge in [-0.25, -0.2) is 0 Å². The molecule has 2 rings (SSSR count). The van der Waals surface area contributed by atoms with Gasteiger partial charge in [-0.2, -0.15) is 0 Å². The average Bonchev–Trinajstić information content (AvgIpc) is 3.09. The molecule has 2 heterocycles. The first-order valence-corrected chi connectivity index (χ1v) is 7.50. The molecule has 108 valence electrons. The van der Waals surface area contributed by atoms with E-state index in [-0.39, 0.29) is 6.04 Å². The van der Waals surface area contributed by atoms with Crippen molar-refractivity contribution in [2.45, 2.75) is 64.5 Å². The highest BCUT2D eigenvalue weighted by molar-refractivity contribution is 4.90. The van der Waals surface area contributed by atoms with E-state index in [9.17, 15) is 0 Å². The summed E-state index contributed by atoms with van der Waals surface area (Å²) in [6, 6.07) is 0.184. The molecule has 5 nitrogen and oxygen atoms in total. The van der Waals surface area contributed by atoms with Crippen molar-refractivity contribution in [2.24, 2.45) is 0 Å². The molecular formula is C14H25N3O2. The van der Waals surface area contributed by atoms with E-state index in [0.717, 1.165) is 57.0 Å². The van der Waals surface area contributed by atoms with E-state index in [1.165, 1.54) is 6.42 Å². The molecule has 2 unspecified atom stereocenters. The predicted molar refractivity (Wildman–Crippen MR) is 72.9 cm³/mol. The van der Waals surface area contributed by atoms with Crippen molar-refractivity contribution >= 4 is 0 Å². The Morgan fingerprint density at radius 1 is 1.37 bits per heavy atom. The van der Waals surface area contributed by atoms with E-state index < -0.39 is 0 Å². The van der Waals surface area contributed by atoms with Gasteiger partial charge in [-0.3, -0.25) is 0 Å². The van der Waals surface area contributed by atoms with Crippen molar-refractivity contribution < 1.29 is 9.15 Å². The molecule has 0 bridgehead atoms. The Morgan fingerprint density at radius 3 is 2.95 bits per heavy atom. The fourth-order valence-electron chi connectivity index (χ4n) is 2.39. The van der Waals surface area contributed by atoms with Gasteiger partial charge in [0, 0.05) is 13.0 Å². The minimum Gasteiger partial charge on any atom is -0.424 e. The molecule has 5 heteroatoms. The standard InChI is InChI=1S/C14H25N3O2/c1-3-9-15-12(4-2)14-17-16-13(19-14)8-7-11-6-5-10-18-11/h11-12,15H,3-10H2,1-2H3. The molecule has 0 saturated carbocycles. The number of hydrogen-bond acceptors (Lipinski definition) is 5. The van der Waals surface area contributed by atoms with Crippen LogP contribution in [0, 0.1) is 0 Å². The van der Waals surface area contributed by atoms with E-state index in [0.29, 0.717) is 6.10 Å². The molecule has 1 aromatic heterocycles. The lowest BCUT2D eigenvalue weighted by Crippen LogP contribution is -2.21. The normalized spacial score (nSPS) is 20.8. The zero-order chi connectivity index (χ0) is 13.5. The van der Waals surface area contributed by atoms with Crippen molar-refractivity contribution in [1.29, 1.82) is 0 Å². The molecule has 0 radical (unpaired) electrons. The highest BCUT2D eigenvalue weighted by Gasteiger charge is 2.19. The molecule has 1 fully saturated rings. The van der Waals surface area contributed by atoms with Crippen LogP contribution in [0.2, 0.25) is 0 Å². The third-order valence-corrected chi connectivity index (χ3v) is 3.53. The Bertz CT molecular complexity index is 361. The quantitative estimate of drug-likeness (QED) is 0.784. The van der Waals surface area contributed by atoms with Crippen molar-refractivity contribution in [3.05, 3.63) is 11.8 Å². The largest absolute Gasteiger partial charge is 0.424 e. The molecule has 0 amide bonds. The van der Waals surface area contributed by atoms with Crippen LogP contribution in [0.25, 0.3) is 0 Å². The average molecular weight is 267 g/mol. The summed E-state index contributed by atoms with van der Waals surface area (Å²) in [7, 11) is 0. The van der Waals surface area contributed by atoms with Crippen molar-refractivity contribution in [3.8, 4) is 0 Å². The summed E-state index contributed by atoms with van der Waals surface area (Å²) in [5, 5.41) is 11.7. The highest BCUT2D eigenvalue weighted by atomic mass is 16.5. The van der Waals surface area contributed by atoms with Gasteiger partial charge >= 0.3 is 0 Å². The maximum absolute atomic E-state index is 5.75. The molecule has 1 saturated heterocycles. The first-order valence-electron chi connectivity index (χ1n) is 7.50. The Labute approximate surface area is 115 Å². The first-order chi connectivity index (χ1) is 9.33. The van der Waals surface area contributed by atoms with Crippen LogP contribution < -0.4 is 5.32 Å². The van der Waals surface area contributed by atoms with E-state index in [4.69, 9.17) is 9.15 Å². The van der Waals surface area contributed by atoms with Gasteiger partial charge in [0.25, 0.3) is 0 Å². The van der Waals surface area contributed by atoms with Crippen LogP contribution in [0.15, 0.2) is 4.42 Å². The van der Waals surface area contributed by atoms with Gasteiger partial charge in [0.2, 0.25) is 11.8 Å². The molecule has 19 heavy (non-hydrogen) atoms. The zero-order valence-electron chi connectivity index (χ0n) is 12.0. The summed E-state index contributed by atoms with van der Waals surface area (Å²) in [5.41, 5.74) is 0. The lowest BCUT2D eigenvalue weighted by Gasteiger charge is -2.11. The third kappa shape index (κ3) is 4.28. The van der Waals surface area contributed by atoms with Gasteiger partial charge in [-0.1, -0.05) is 13.8 Å². The summed E-state index contributed by atoms with van der Waals surface area (Å²) in [6.07, 6.45) is 6.61. The number of rotatable bonds is 8. The number of nitrogens with zero attached hydrogens (tertiary/aromatic N) is 2. The molecule has 0 aromatic carbocycles. The SMILES string of the molecule is CCCNC(CC)c1nnc(CCC2CCCO2)o1. The third-order valence-electron chi connectivity index (χ3n) is 3.53. The van der Waals surface area contributed by atoms with Crippen LogP contribution in [0.1, 0.15) is 63.8 Å². The second-order valence-corrected chi connectivity index (χ2v) is 5.12. The summed E-state index contributed by atoms with van der Waals surface area (Å²) >= 11 is 0. The maximum atomic E-state index is 5.75. The van der Waals surface area contributed by atoms with Gasteiger partial charge in [0.05, 0.1) is 12.1 Å². The van der Waals surface area contributed by atoms with Gasteiger partial charge in [0.15, 0.2) is 0 Å². The molecule has 0 spiro atoms. The summed E-state index contributed by atoms with van der Waals surface area (Å²) in [5.74, 6) is 1.46. The van der Waals surface area contributed by atoms with Crippen LogP contribution >= 0.6 is 0 Å². The highest BCUT2D eigenvalue weighted by Crippen LogP contribution is 2.19. The van der Waals surface area contributed by atoms with Gasteiger partial charge in [-0.15, -0.1) is 10.2 Å². The van der Waals surface area contributed by atoms with Crippen molar-refractivity contribution in [1.82, 2.24) is 15.5 Å². The Balaban J connectivity index is 1.82. The second-order valence-electron chi connectivity index (χ2n) is 5.12. The monoisotopic (exact) mass is 267 g/mol. The van der Waals surface area contributed by atoms with Crippen LogP contribution in [0.5, 0.6) is 0 Å². The van der Waals surface area contributed by atoms with E-state index in [1.54, 1.807) is 0 Å². The maximum Gasteiger partial charge on any atom is 0.233 e. The first kappa shape index (κ1) is 14.5. The minimum atomic E-state index is 0.184. The zero-order valence-corrected chi connectivity index (χ0v) is 12.0. The van der Waals surface area contributed by atoms with Crippen LogP contribution in [0.4, 0.5) is 0 Å². The Kier molecular flexibility index (Phi) is 5.79. The van der Waals surface area contributed by atoms with Gasteiger partial charge in [-0.05, 0) is 38.6 Å². The van der Waals surface area contributed by atoms with Crippen LogP contribution in [-0.2, 0) is 11.2 Å². The van der Waals surface area contributed by atoms with Crippen LogP contribution in [-0.4, -0.2) is 29.5 Å².